The van der Waals surface area contributed by atoms with Crippen LogP contribution in [0.4, 0.5) is 10.1 Å². The molecule has 0 saturated carbocycles. The number of hydrogen-bond donors (Lipinski definition) is 1. The molecule has 0 aliphatic carbocycles. The minimum atomic E-state index is -0.466. The summed E-state index contributed by atoms with van der Waals surface area (Å²) < 4.78 is 13.6. The van der Waals surface area contributed by atoms with Gasteiger partial charge in [0.05, 0.1) is 17.3 Å². The Kier molecular flexibility index (Phi) is 4.26. The molecule has 0 atom stereocenters. The minimum absolute atomic E-state index is 0.286. The van der Waals surface area contributed by atoms with Gasteiger partial charge < -0.3 is 5.32 Å². The molecule has 2 nitrogen and oxygen atoms in total. The number of benzene rings is 2. The second kappa shape index (κ2) is 5.92. The molecule has 0 heterocycles. The van der Waals surface area contributed by atoms with Gasteiger partial charge in [-0.1, -0.05) is 23.2 Å². The number of anilines is 1. The van der Waals surface area contributed by atoms with Crippen molar-refractivity contribution in [3.63, 3.8) is 0 Å². The zero-order valence-corrected chi connectivity index (χ0v) is 11.3. The average molecular weight is 295 g/mol. The standard InChI is InChI=1S/C14H9Cl2FN2/c15-11-3-10(4-12(16)6-11)8-19-14-2-1-9(7-18)5-13(14)17/h1-6,19H,8H2. The van der Waals surface area contributed by atoms with E-state index in [2.05, 4.69) is 5.32 Å². The zero-order valence-electron chi connectivity index (χ0n) is 9.75. The van der Waals surface area contributed by atoms with Gasteiger partial charge in [-0.3, -0.25) is 0 Å². The topological polar surface area (TPSA) is 35.8 Å². The van der Waals surface area contributed by atoms with Gasteiger partial charge in [0.15, 0.2) is 0 Å². The second-order valence-corrected chi connectivity index (χ2v) is 4.81. The maximum Gasteiger partial charge on any atom is 0.147 e. The predicted molar refractivity (Wildman–Crippen MR) is 74.9 cm³/mol. The van der Waals surface area contributed by atoms with E-state index in [0.29, 0.717) is 22.3 Å². The van der Waals surface area contributed by atoms with E-state index >= 15 is 0 Å². The van der Waals surface area contributed by atoms with Gasteiger partial charge in [-0.2, -0.15) is 5.26 Å². The third kappa shape index (κ3) is 3.60. The maximum atomic E-state index is 13.6. The molecule has 0 aliphatic heterocycles. The van der Waals surface area contributed by atoms with Crippen LogP contribution < -0.4 is 5.32 Å². The number of nitriles is 1. The van der Waals surface area contributed by atoms with Gasteiger partial charge >= 0.3 is 0 Å². The van der Waals surface area contributed by atoms with Crippen LogP contribution >= 0.6 is 23.2 Å². The van der Waals surface area contributed by atoms with E-state index < -0.39 is 5.82 Å². The summed E-state index contributed by atoms with van der Waals surface area (Å²) in [5.74, 6) is -0.466. The molecule has 2 aromatic rings. The molecule has 0 aromatic heterocycles. The largest absolute Gasteiger partial charge is 0.379 e. The van der Waals surface area contributed by atoms with Crippen LogP contribution in [0.2, 0.25) is 10.0 Å². The molecule has 0 fully saturated rings. The van der Waals surface area contributed by atoms with Crippen molar-refractivity contribution in [3.8, 4) is 6.07 Å². The third-order valence-corrected chi connectivity index (χ3v) is 2.94. The molecule has 0 unspecified atom stereocenters. The Morgan fingerprint density at radius 3 is 2.37 bits per heavy atom. The number of rotatable bonds is 3. The molecule has 19 heavy (non-hydrogen) atoms. The molecular formula is C14H9Cl2FN2. The van der Waals surface area contributed by atoms with Crippen LogP contribution in [0.5, 0.6) is 0 Å². The van der Waals surface area contributed by atoms with Crippen LogP contribution in [0.15, 0.2) is 36.4 Å². The van der Waals surface area contributed by atoms with Gasteiger partial charge in [-0.25, -0.2) is 4.39 Å². The number of nitrogens with zero attached hydrogens (tertiary/aromatic N) is 1. The van der Waals surface area contributed by atoms with Crippen molar-refractivity contribution in [3.05, 3.63) is 63.4 Å². The summed E-state index contributed by atoms with van der Waals surface area (Å²) >= 11 is 11.8. The van der Waals surface area contributed by atoms with Crippen molar-refractivity contribution in [1.82, 2.24) is 0 Å². The second-order valence-electron chi connectivity index (χ2n) is 3.94. The molecule has 0 radical (unpaired) electrons. The van der Waals surface area contributed by atoms with Crippen molar-refractivity contribution in [2.24, 2.45) is 0 Å². The third-order valence-electron chi connectivity index (χ3n) is 2.50. The molecule has 0 saturated heterocycles. The highest BCUT2D eigenvalue weighted by Gasteiger charge is 2.04. The molecule has 0 bridgehead atoms. The van der Waals surface area contributed by atoms with Gasteiger partial charge in [0.25, 0.3) is 0 Å². The fraction of sp³-hybridized carbons (Fsp3) is 0.0714. The maximum absolute atomic E-state index is 13.6. The Labute approximate surface area is 120 Å². The average Bonchev–Trinajstić information content (AvgIpc) is 2.36. The summed E-state index contributed by atoms with van der Waals surface area (Å²) in [6, 6.07) is 11.3. The first-order valence-corrected chi connectivity index (χ1v) is 6.22. The first kappa shape index (κ1) is 13.7. The van der Waals surface area contributed by atoms with Crippen molar-refractivity contribution >= 4 is 28.9 Å². The van der Waals surface area contributed by atoms with Crippen LogP contribution in [-0.2, 0) is 6.54 Å². The predicted octanol–water partition coefficient (Wildman–Crippen LogP) is 4.62. The van der Waals surface area contributed by atoms with Crippen LogP contribution in [0, 0.1) is 17.1 Å². The molecule has 1 N–H and O–H groups in total. The quantitative estimate of drug-likeness (QED) is 0.897. The Balaban J connectivity index is 2.12. The van der Waals surface area contributed by atoms with Gasteiger partial charge in [-0.05, 0) is 42.0 Å². The molecule has 2 rings (SSSR count). The lowest BCUT2D eigenvalue weighted by Gasteiger charge is -2.08. The summed E-state index contributed by atoms with van der Waals surface area (Å²) in [7, 11) is 0. The molecule has 0 amide bonds. The first-order chi connectivity index (χ1) is 9.08. The van der Waals surface area contributed by atoms with Crippen molar-refractivity contribution in [2.45, 2.75) is 6.54 Å². The van der Waals surface area contributed by atoms with Crippen molar-refractivity contribution < 1.29 is 4.39 Å². The van der Waals surface area contributed by atoms with Gasteiger partial charge in [-0.15, -0.1) is 0 Å². The highest BCUT2D eigenvalue weighted by Crippen LogP contribution is 2.21. The smallest absolute Gasteiger partial charge is 0.147 e. The molecular weight excluding hydrogens is 286 g/mol. The lowest BCUT2D eigenvalue weighted by molar-refractivity contribution is 0.629. The Hall–Kier alpha value is -1.76. The molecule has 0 spiro atoms. The van der Waals surface area contributed by atoms with Crippen molar-refractivity contribution in [2.75, 3.05) is 5.32 Å². The molecule has 0 aliphatic rings. The van der Waals surface area contributed by atoms with E-state index in [1.807, 2.05) is 6.07 Å². The number of hydrogen-bond acceptors (Lipinski definition) is 2. The van der Waals surface area contributed by atoms with Gasteiger partial charge in [0.1, 0.15) is 5.82 Å². The number of nitrogens with one attached hydrogen (secondary N) is 1. The summed E-state index contributed by atoms with van der Waals surface area (Å²) in [6.45, 7) is 0.392. The molecule has 5 heteroatoms. The lowest BCUT2D eigenvalue weighted by atomic mass is 10.2. The summed E-state index contributed by atoms with van der Waals surface area (Å²) in [5, 5.41) is 12.7. The Bertz CT molecular complexity index is 630. The molecule has 2 aromatic carbocycles. The normalized spacial score (nSPS) is 10.0. The van der Waals surface area contributed by atoms with E-state index in [1.54, 1.807) is 24.3 Å². The Morgan fingerprint density at radius 1 is 1.11 bits per heavy atom. The highest BCUT2D eigenvalue weighted by molar-refractivity contribution is 6.34. The first-order valence-electron chi connectivity index (χ1n) is 5.47. The van der Waals surface area contributed by atoms with Crippen LogP contribution in [0.1, 0.15) is 11.1 Å². The molecule has 96 valence electrons. The van der Waals surface area contributed by atoms with Crippen LogP contribution in [0.3, 0.4) is 0 Å². The van der Waals surface area contributed by atoms with Crippen molar-refractivity contribution in [1.29, 1.82) is 5.26 Å². The van der Waals surface area contributed by atoms with Crippen LogP contribution in [-0.4, -0.2) is 0 Å². The number of halogens is 3. The lowest BCUT2D eigenvalue weighted by Crippen LogP contribution is -2.01. The summed E-state index contributed by atoms with van der Waals surface area (Å²) in [4.78, 5) is 0. The van der Waals surface area contributed by atoms with E-state index in [1.165, 1.54) is 12.1 Å². The monoisotopic (exact) mass is 294 g/mol. The zero-order chi connectivity index (χ0) is 13.8. The summed E-state index contributed by atoms with van der Waals surface area (Å²) in [5.41, 5.74) is 1.46. The highest BCUT2D eigenvalue weighted by atomic mass is 35.5. The summed E-state index contributed by atoms with van der Waals surface area (Å²) in [6.07, 6.45) is 0. The van der Waals surface area contributed by atoms with E-state index in [0.717, 1.165) is 5.56 Å². The Morgan fingerprint density at radius 2 is 1.79 bits per heavy atom. The fourth-order valence-electron chi connectivity index (χ4n) is 1.64. The van der Waals surface area contributed by atoms with E-state index in [-0.39, 0.29) is 5.56 Å². The SMILES string of the molecule is N#Cc1ccc(NCc2cc(Cl)cc(Cl)c2)c(F)c1. The minimum Gasteiger partial charge on any atom is -0.379 e. The van der Waals surface area contributed by atoms with E-state index in [9.17, 15) is 4.39 Å². The van der Waals surface area contributed by atoms with Crippen LogP contribution in [0.25, 0.3) is 0 Å². The fourth-order valence-corrected chi connectivity index (χ4v) is 2.21. The van der Waals surface area contributed by atoms with E-state index in [4.69, 9.17) is 28.5 Å². The van der Waals surface area contributed by atoms with Gasteiger partial charge in [0.2, 0.25) is 0 Å². The van der Waals surface area contributed by atoms with Gasteiger partial charge in [0, 0.05) is 16.6 Å².